The van der Waals surface area contributed by atoms with E-state index in [0.717, 1.165) is 0 Å². The second kappa shape index (κ2) is 18.0. The number of carboxylic acid groups (broad SMARTS) is 2. The first-order valence-corrected chi connectivity index (χ1v) is 11.8. The molecule has 0 radical (unpaired) electrons. The Kier molecular flexibility index (Phi) is 16.1. The number of rotatable bonds is 19. The van der Waals surface area contributed by atoms with Gasteiger partial charge in [-0.2, -0.15) is 0 Å². The Labute approximate surface area is 227 Å². The molecule has 226 valence electrons. The van der Waals surface area contributed by atoms with E-state index >= 15 is 0 Å². The van der Waals surface area contributed by atoms with Crippen LogP contribution in [0.2, 0.25) is 0 Å². The van der Waals surface area contributed by atoms with E-state index in [4.69, 9.17) is 31.9 Å². The number of carbonyl (C=O) groups is 8. The van der Waals surface area contributed by atoms with Crippen molar-refractivity contribution in [3.05, 3.63) is 0 Å². The van der Waals surface area contributed by atoms with Crippen molar-refractivity contribution in [1.29, 1.82) is 0 Å². The molecule has 0 saturated heterocycles. The van der Waals surface area contributed by atoms with Crippen molar-refractivity contribution in [2.45, 2.75) is 62.8 Å². The number of hydrogen-bond acceptors (Lipinski definition) is 11. The minimum Gasteiger partial charge on any atom is -0.481 e. The maximum atomic E-state index is 12.6. The zero-order valence-electron chi connectivity index (χ0n) is 21.5. The molecule has 6 amide bonds. The second-order valence-electron chi connectivity index (χ2n) is 8.44. The number of hydrogen-bond donors (Lipinski definition) is 11. The van der Waals surface area contributed by atoms with Gasteiger partial charge >= 0.3 is 11.9 Å². The number of nitrogens with one attached hydrogen (secondary N) is 5. The lowest BCUT2D eigenvalue weighted by atomic mass is 10.1. The van der Waals surface area contributed by atoms with Crippen LogP contribution < -0.4 is 38.1 Å². The summed E-state index contributed by atoms with van der Waals surface area (Å²) in [7, 11) is 0. The fraction of sp³-hybridized carbons (Fsp3) is 0.619. The maximum Gasteiger partial charge on any atom is 0.328 e. The van der Waals surface area contributed by atoms with Crippen molar-refractivity contribution in [3.8, 4) is 0 Å². The molecular formula is C21H35N7O12. The van der Waals surface area contributed by atoms with Gasteiger partial charge in [-0.25, -0.2) is 4.79 Å². The van der Waals surface area contributed by atoms with Crippen LogP contribution in [-0.2, 0) is 38.4 Å². The average molecular weight is 578 g/mol. The van der Waals surface area contributed by atoms with Gasteiger partial charge in [0.2, 0.25) is 35.4 Å². The standard InChI is InChI=1S/C21H35N7O12/c1-9(25-19(37)12(2-4-14(23)31)27-18(36)10(22)7-29)17(35)24-6-15(32)26-11(3-5-16(33)34)20(38)28-13(8-30)21(39)40/h9-13,29-30H,2-8,22H2,1H3,(H2,23,31)(H,24,35)(H,25,37)(H,26,32)(H,27,36)(H,28,38)(H,33,34)(H,39,40)/t9-,10-,11-,12-,13-/m0/s1. The molecule has 0 heterocycles. The average Bonchev–Trinajstić information content (AvgIpc) is 2.88. The first kappa shape index (κ1) is 35.6. The van der Waals surface area contributed by atoms with Crippen LogP contribution >= 0.6 is 0 Å². The second-order valence-corrected chi connectivity index (χ2v) is 8.44. The minimum atomic E-state index is -1.71. The summed E-state index contributed by atoms with van der Waals surface area (Å²) in [6.45, 7) is -1.22. The largest absolute Gasteiger partial charge is 0.481 e. The van der Waals surface area contributed by atoms with Crippen molar-refractivity contribution >= 4 is 47.4 Å². The molecule has 40 heavy (non-hydrogen) atoms. The third-order valence-electron chi connectivity index (χ3n) is 5.12. The Morgan fingerprint density at radius 2 is 1.23 bits per heavy atom. The molecule has 0 aliphatic heterocycles. The molecule has 0 rings (SSSR count). The van der Waals surface area contributed by atoms with Gasteiger partial charge in [0, 0.05) is 12.8 Å². The molecule has 0 aromatic heterocycles. The Bertz CT molecular complexity index is 960. The quantitative estimate of drug-likeness (QED) is 0.0681. The first-order valence-electron chi connectivity index (χ1n) is 11.8. The van der Waals surface area contributed by atoms with E-state index < -0.39 is 110 Å². The summed E-state index contributed by atoms with van der Waals surface area (Å²) < 4.78 is 0. The summed E-state index contributed by atoms with van der Waals surface area (Å²) in [5.41, 5.74) is 10.5. The van der Waals surface area contributed by atoms with Gasteiger partial charge in [-0.1, -0.05) is 0 Å². The van der Waals surface area contributed by atoms with Crippen molar-refractivity contribution in [1.82, 2.24) is 26.6 Å². The van der Waals surface area contributed by atoms with Crippen molar-refractivity contribution < 1.29 is 58.8 Å². The van der Waals surface area contributed by atoms with Crippen LogP contribution in [0, 0.1) is 0 Å². The van der Waals surface area contributed by atoms with Gasteiger partial charge in [-0.05, 0) is 19.8 Å². The van der Waals surface area contributed by atoms with Crippen LogP contribution in [0.3, 0.4) is 0 Å². The van der Waals surface area contributed by atoms with Crippen molar-refractivity contribution in [3.63, 3.8) is 0 Å². The number of aliphatic hydroxyl groups is 2. The van der Waals surface area contributed by atoms with E-state index in [1.807, 2.05) is 5.32 Å². The molecule has 19 heteroatoms. The number of aliphatic hydroxyl groups excluding tert-OH is 2. The Hall–Kier alpha value is -4.36. The number of aliphatic carboxylic acids is 2. The molecule has 0 aliphatic rings. The van der Waals surface area contributed by atoms with E-state index in [2.05, 4.69) is 21.3 Å². The molecule has 0 aromatic rings. The lowest BCUT2D eigenvalue weighted by molar-refractivity contribution is -0.144. The zero-order chi connectivity index (χ0) is 31.0. The lowest BCUT2D eigenvalue weighted by Crippen LogP contribution is -2.56. The normalized spacial score (nSPS) is 14.3. The van der Waals surface area contributed by atoms with Gasteiger partial charge in [-0.3, -0.25) is 33.6 Å². The van der Waals surface area contributed by atoms with Gasteiger partial charge in [0.25, 0.3) is 0 Å². The third-order valence-corrected chi connectivity index (χ3v) is 5.12. The fourth-order valence-electron chi connectivity index (χ4n) is 2.86. The van der Waals surface area contributed by atoms with Gasteiger partial charge in [0.1, 0.15) is 30.2 Å². The zero-order valence-corrected chi connectivity index (χ0v) is 21.5. The first-order chi connectivity index (χ1) is 18.6. The SMILES string of the molecule is C[C@H](NC(=O)[C@H](CCC(N)=O)NC(=O)[C@@H](N)CO)C(=O)NCC(=O)N[C@@H](CCC(=O)O)C(=O)N[C@@H](CO)C(=O)O. The van der Waals surface area contributed by atoms with Gasteiger partial charge < -0.3 is 58.5 Å². The highest BCUT2D eigenvalue weighted by atomic mass is 16.4. The molecule has 0 fully saturated rings. The number of amides is 6. The molecule has 0 spiro atoms. The van der Waals surface area contributed by atoms with Gasteiger partial charge in [0.15, 0.2) is 0 Å². The number of primary amides is 1. The minimum absolute atomic E-state index is 0.249. The Morgan fingerprint density at radius 3 is 1.73 bits per heavy atom. The molecular weight excluding hydrogens is 542 g/mol. The number of carboxylic acids is 2. The summed E-state index contributed by atoms with van der Waals surface area (Å²) in [4.78, 5) is 94.5. The highest BCUT2D eigenvalue weighted by Crippen LogP contribution is 2.01. The monoisotopic (exact) mass is 577 g/mol. The van der Waals surface area contributed by atoms with E-state index in [1.54, 1.807) is 0 Å². The smallest absolute Gasteiger partial charge is 0.328 e. The van der Waals surface area contributed by atoms with Gasteiger partial charge in [-0.15, -0.1) is 0 Å². The van der Waals surface area contributed by atoms with Crippen molar-refractivity contribution in [2.24, 2.45) is 11.5 Å². The Morgan fingerprint density at radius 1 is 0.700 bits per heavy atom. The summed E-state index contributed by atoms with van der Waals surface area (Å²) in [5.74, 6) is -8.44. The van der Waals surface area contributed by atoms with Crippen LogP contribution in [0.5, 0.6) is 0 Å². The molecule has 0 saturated carbocycles. The molecule has 0 bridgehead atoms. The van der Waals surface area contributed by atoms with Crippen LogP contribution in [0.15, 0.2) is 0 Å². The van der Waals surface area contributed by atoms with Gasteiger partial charge in [0.05, 0.1) is 19.8 Å². The van der Waals surface area contributed by atoms with E-state index in [-0.39, 0.29) is 12.8 Å². The summed E-state index contributed by atoms with van der Waals surface area (Å²) >= 11 is 0. The van der Waals surface area contributed by atoms with E-state index in [9.17, 15) is 38.4 Å². The number of carbonyl (C=O) groups excluding carboxylic acids is 6. The summed E-state index contributed by atoms with van der Waals surface area (Å²) in [6, 6.07) is -7.23. The van der Waals surface area contributed by atoms with Crippen molar-refractivity contribution in [2.75, 3.05) is 19.8 Å². The topological polar surface area (TPSA) is 330 Å². The summed E-state index contributed by atoms with van der Waals surface area (Å²) in [6.07, 6.45) is -1.58. The highest BCUT2D eigenvalue weighted by Gasteiger charge is 2.28. The number of nitrogens with two attached hydrogens (primary N) is 2. The third kappa shape index (κ3) is 14.0. The predicted octanol–water partition coefficient (Wildman–Crippen LogP) is -6.41. The van der Waals surface area contributed by atoms with Crippen LogP contribution in [0.4, 0.5) is 0 Å². The van der Waals surface area contributed by atoms with E-state index in [1.165, 1.54) is 6.92 Å². The lowest BCUT2D eigenvalue weighted by Gasteiger charge is -2.22. The molecule has 13 N–H and O–H groups in total. The van der Waals surface area contributed by atoms with Crippen LogP contribution in [-0.4, -0.2) is 118 Å². The molecule has 19 nitrogen and oxygen atoms in total. The molecule has 0 unspecified atom stereocenters. The highest BCUT2D eigenvalue weighted by molar-refractivity contribution is 5.95. The summed E-state index contributed by atoms with van der Waals surface area (Å²) in [5, 5.41) is 46.5. The molecule has 0 aliphatic carbocycles. The molecule has 5 atom stereocenters. The fourth-order valence-corrected chi connectivity index (χ4v) is 2.86. The molecule has 0 aromatic carbocycles. The maximum absolute atomic E-state index is 12.6. The Balaban J connectivity index is 5.15. The predicted molar refractivity (Wildman–Crippen MR) is 131 cm³/mol. The van der Waals surface area contributed by atoms with Crippen LogP contribution in [0.1, 0.15) is 32.6 Å². The van der Waals surface area contributed by atoms with Crippen LogP contribution in [0.25, 0.3) is 0 Å². The van der Waals surface area contributed by atoms with E-state index in [0.29, 0.717) is 0 Å².